The highest BCUT2D eigenvalue weighted by molar-refractivity contribution is 5.82. The van der Waals surface area contributed by atoms with Gasteiger partial charge in [-0.15, -0.1) is 0 Å². The number of rotatable bonds is 4. The number of hydrogen-bond donors (Lipinski definition) is 2. The molecule has 0 radical (unpaired) electrons. The van der Waals surface area contributed by atoms with Gasteiger partial charge in [0.15, 0.2) is 0 Å². The molecule has 0 spiro atoms. The van der Waals surface area contributed by atoms with Crippen LogP contribution in [0.2, 0.25) is 0 Å². The average Bonchev–Trinajstić information content (AvgIpc) is 2.28. The van der Waals surface area contributed by atoms with E-state index in [0.717, 1.165) is 25.8 Å². The molecule has 0 aromatic carbocycles. The van der Waals surface area contributed by atoms with Gasteiger partial charge in [-0.2, -0.15) is 0 Å². The molecular formula is C13H24N2O2. The summed E-state index contributed by atoms with van der Waals surface area (Å²) in [5, 5.41) is 6.36. The molecule has 2 unspecified atom stereocenters. The Morgan fingerprint density at radius 1 is 1.47 bits per heavy atom. The molecule has 1 saturated carbocycles. The van der Waals surface area contributed by atoms with E-state index in [9.17, 15) is 4.79 Å². The monoisotopic (exact) mass is 240 g/mol. The molecule has 1 amide bonds. The smallest absolute Gasteiger partial charge is 0.237 e. The number of amides is 1. The Bertz CT molecular complexity index is 271. The zero-order chi connectivity index (χ0) is 12.3. The topological polar surface area (TPSA) is 50.4 Å². The van der Waals surface area contributed by atoms with Crippen molar-refractivity contribution in [3.8, 4) is 0 Å². The molecule has 2 N–H and O–H groups in total. The summed E-state index contributed by atoms with van der Waals surface area (Å²) in [7, 11) is 1.74. The van der Waals surface area contributed by atoms with E-state index in [2.05, 4.69) is 17.6 Å². The minimum Gasteiger partial charge on any atom is -0.376 e. The second-order valence-corrected chi connectivity index (χ2v) is 5.51. The van der Waals surface area contributed by atoms with Gasteiger partial charge in [0.1, 0.15) is 0 Å². The fourth-order valence-electron chi connectivity index (χ4n) is 2.78. The number of nitrogens with one attached hydrogen (secondary N) is 2. The van der Waals surface area contributed by atoms with Crippen LogP contribution in [0, 0.1) is 5.92 Å². The van der Waals surface area contributed by atoms with Crippen molar-refractivity contribution in [3.05, 3.63) is 0 Å². The van der Waals surface area contributed by atoms with Crippen molar-refractivity contribution in [2.24, 2.45) is 5.92 Å². The van der Waals surface area contributed by atoms with Crippen LogP contribution in [0.15, 0.2) is 0 Å². The first-order valence-electron chi connectivity index (χ1n) is 6.73. The van der Waals surface area contributed by atoms with Crippen LogP contribution in [0.4, 0.5) is 0 Å². The number of ether oxygens (including phenoxy) is 1. The number of carbonyl (C=O) groups excluding carboxylic acids is 1. The fraction of sp³-hybridized carbons (Fsp3) is 0.923. The van der Waals surface area contributed by atoms with Crippen LogP contribution >= 0.6 is 0 Å². The van der Waals surface area contributed by atoms with Crippen LogP contribution in [-0.4, -0.2) is 37.7 Å². The maximum atomic E-state index is 12.1. The number of piperidine rings is 1. The quantitative estimate of drug-likeness (QED) is 0.772. The zero-order valence-corrected chi connectivity index (χ0v) is 10.9. The predicted octanol–water partition coefficient (Wildman–Crippen LogP) is 1.06. The molecule has 2 aliphatic rings. The fourth-order valence-corrected chi connectivity index (χ4v) is 2.78. The Labute approximate surface area is 103 Å². The lowest BCUT2D eigenvalue weighted by molar-refractivity contribution is -0.128. The highest BCUT2D eigenvalue weighted by Crippen LogP contribution is 2.34. The molecule has 4 nitrogen and oxygen atoms in total. The van der Waals surface area contributed by atoms with Crippen molar-refractivity contribution < 1.29 is 9.53 Å². The third-order valence-corrected chi connectivity index (χ3v) is 4.33. The standard InChI is InChI=1S/C13H24N2O2/c1-10-5-3-8-14-11(10)12(16)15-9-13(17-2)6-4-7-13/h10-11,14H,3-9H2,1-2H3,(H,15,16). The van der Waals surface area contributed by atoms with E-state index < -0.39 is 0 Å². The van der Waals surface area contributed by atoms with E-state index in [1.807, 2.05) is 0 Å². The molecule has 0 bridgehead atoms. The van der Waals surface area contributed by atoms with Crippen molar-refractivity contribution in [2.75, 3.05) is 20.2 Å². The van der Waals surface area contributed by atoms with Crippen LogP contribution < -0.4 is 10.6 Å². The van der Waals surface area contributed by atoms with Crippen molar-refractivity contribution >= 4 is 5.91 Å². The Morgan fingerprint density at radius 3 is 2.76 bits per heavy atom. The van der Waals surface area contributed by atoms with Gasteiger partial charge in [0, 0.05) is 13.7 Å². The summed E-state index contributed by atoms with van der Waals surface area (Å²) in [6.07, 6.45) is 5.66. The van der Waals surface area contributed by atoms with Crippen molar-refractivity contribution in [2.45, 2.75) is 50.7 Å². The van der Waals surface area contributed by atoms with Gasteiger partial charge >= 0.3 is 0 Å². The molecule has 4 heteroatoms. The van der Waals surface area contributed by atoms with Crippen LogP contribution in [0.3, 0.4) is 0 Å². The van der Waals surface area contributed by atoms with Gasteiger partial charge in [0.05, 0.1) is 11.6 Å². The lowest BCUT2D eigenvalue weighted by Gasteiger charge is -2.41. The SMILES string of the molecule is COC1(CNC(=O)C2NCCCC2C)CCC1. The predicted molar refractivity (Wildman–Crippen MR) is 66.8 cm³/mol. The minimum atomic E-state index is -0.0758. The molecular weight excluding hydrogens is 216 g/mol. The summed E-state index contributed by atoms with van der Waals surface area (Å²) in [4.78, 5) is 12.1. The summed E-state index contributed by atoms with van der Waals surface area (Å²) < 4.78 is 5.50. The van der Waals surface area contributed by atoms with E-state index in [-0.39, 0.29) is 17.6 Å². The average molecular weight is 240 g/mol. The molecule has 1 aliphatic carbocycles. The summed E-state index contributed by atoms with van der Waals surface area (Å²) >= 11 is 0. The summed E-state index contributed by atoms with van der Waals surface area (Å²) in [6, 6.07) is -0.0160. The molecule has 17 heavy (non-hydrogen) atoms. The zero-order valence-electron chi connectivity index (χ0n) is 10.9. The van der Waals surface area contributed by atoms with Gasteiger partial charge < -0.3 is 15.4 Å². The van der Waals surface area contributed by atoms with Crippen molar-refractivity contribution in [1.82, 2.24) is 10.6 Å². The van der Waals surface area contributed by atoms with Gasteiger partial charge in [-0.1, -0.05) is 6.92 Å². The Kier molecular flexibility index (Phi) is 4.05. The van der Waals surface area contributed by atoms with E-state index in [4.69, 9.17) is 4.74 Å². The summed E-state index contributed by atoms with van der Waals surface area (Å²) in [6.45, 7) is 3.76. The minimum absolute atomic E-state index is 0.0160. The van der Waals surface area contributed by atoms with Gasteiger partial charge in [0.2, 0.25) is 5.91 Å². The van der Waals surface area contributed by atoms with Crippen LogP contribution in [0.1, 0.15) is 39.0 Å². The highest BCUT2D eigenvalue weighted by atomic mass is 16.5. The van der Waals surface area contributed by atoms with E-state index in [1.165, 1.54) is 12.8 Å². The highest BCUT2D eigenvalue weighted by Gasteiger charge is 2.38. The van der Waals surface area contributed by atoms with Gasteiger partial charge in [-0.05, 0) is 44.6 Å². The Balaban J connectivity index is 1.80. The molecule has 1 aliphatic heterocycles. The molecule has 1 heterocycles. The van der Waals surface area contributed by atoms with Crippen molar-refractivity contribution in [1.29, 1.82) is 0 Å². The third-order valence-electron chi connectivity index (χ3n) is 4.33. The molecule has 0 aromatic rings. The Hall–Kier alpha value is -0.610. The number of hydrogen-bond acceptors (Lipinski definition) is 3. The van der Waals surface area contributed by atoms with Crippen LogP contribution in [0.25, 0.3) is 0 Å². The number of methoxy groups -OCH3 is 1. The van der Waals surface area contributed by atoms with E-state index in [0.29, 0.717) is 12.5 Å². The van der Waals surface area contributed by atoms with Gasteiger partial charge in [-0.25, -0.2) is 0 Å². The van der Waals surface area contributed by atoms with E-state index >= 15 is 0 Å². The van der Waals surface area contributed by atoms with Crippen LogP contribution in [-0.2, 0) is 9.53 Å². The lowest BCUT2D eigenvalue weighted by Crippen LogP contribution is -2.55. The van der Waals surface area contributed by atoms with Crippen molar-refractivity contribution in [3.63, 3.8) is 0 Å². The summed E-state index contributed by atoms with van der Waals surface area (Å²) in [5.41, 5.74) is -0.0758. The largest absolute Gasteiger partial charge is 0.376 e. The molecule has 2 atom stereocenters. The normalized spacial score (nSPS) is 31.6. The first-order valence-corrected chi connectivity index (χ1v) is 6.73. The second kappa shape index (κ2) is 5.36. The van der Waals surface area contributed by atoms with Gasteiger partial charge in [0.25, 0.3) is 0 Å². The second-order valence-electron chi connectivity index (χ2n) is 5.51. The number of carbonyl (C=O) groups is 1. The third kappa shape index (κ3) is 2.80. The molecule has 2 rings (SSSR count). The maximum Gasteiger partial charge on any atom is 0.237 e. The molecule has 0 aromatic heterocycles. The first-order chi connectivity index (χ1) is 8.17. The molecule has 2 fully saturated rings. The molecule has 1 saturated heterocycles. The van der Waals surface area contributed by atoms with E-state index in [1.54, 1.807) is 7.11 Å². The molecule has 98 valence electrons. The Morgan fingerprint density at radius 2 is 2.24 bits per heavy atom. The maximum absolute atomic E-state index is 12.1. The van der Waals surface area contributed by atoms with Crippen LogP contribution in [0.5, 0.6) is 0 Å². The summed E-state index contributed by atoms with van der Waals surface area (Å²) in [5.74, 6) is 0.573. The first kappa shape index (κ1) is 12.8. The lowest BCUT2D eigenvalue weighted by atomic mass is 9.80. The van der Waals surface area contributed by atoms with Gasteiger partial charge in [-0.3, -0.25) is 4.79 Å².